The number of hydrogen-bond acceptors (Lipinski definition) is 4. The van der Waals surface area contributed by atoms with Gasteiger partial charge in [0.2, 0.25) is 0 Å². The Morgan fingerprint density at radius 1 is 0.524 bits per heavy atom. The van der Waals surface area contributed by atoms with Crippen LogP contribution in [-0.4, -0.2) is 33.2 Å². The Balaban J connectivity index is 1.34. The molecule has 2 amide bonds. The summed E-state index contributed by atoms with van der Waals surface area (Å²) >= 11 is 0. The van der Waals surface area contributed by atoms with E-state index < -0.39 is 35.1 Å². The van der Waals surface area contributed by atoms with E-state index in [9.17, 15) is 19.8 Å². The van der Waals surface area contributed by atoms with Crippen LogP contribution < -0.4 is 10.6 Å². The molecule has 4 N–H and O–H groups in total. The lowest BCUT2D eigenvalue weighted by Gasteiger charge is -2.41. The Bertz CT molecular complexity index is 1460. The zero-order valence-electron chi connectivity index (χ0n) is 24.0. The number of nitrogens with one attached hydrogen (secondary N) is 2. The molecule has 0 unspecified atom stereocenters. The number of aliphatic hydroxyl groups is 2. The molecule has 0 heterocycles. The molecule has 218 valence electrons. The molecule has 0 aliphatic heterocycles. The molecule has 6 nitrogen and oxygen atoms in total. The van der Waals surface area contributed by atoms with Crippen molar-refractivity contribution in [1.29, 1.82) is 0 Å². The van der Waals surface area contributed by atoms with Gasteiger partial charge in [-0.1, -0.05) is 123 Å². The zero-order chi connectivity index (χ0) is 29.2. The van der Waals surface area contributed by atoms with Crippen LogP contribution in [0, 0.1) is 0 Å². The van der Waals surface area contributed by atoms with E-state index in [4.69, 9.17) is 0 Å². The molecule has 4 aromatic carbocycles. The second-order valence-electron chi connectivity index (χ2n) is 12.3. The van der Waals surface area contributed by atoms with Gasteiger partial charge < -0.3 is 20.8 Å². The fourth-order valence-electron chi connectivity index (χ4n) is 7.31. The highest BCUT2D eigenvalue weighted by Crippen LogP contribution is 2.42. The number of rotatable bonds is 6. The molecule has 4 aromatic rings. The summed E-state index contributed by atoms with van der Waals surface area (Å²) in [7, 11) is 0. The maximum absolute atomic E-state index is 13.7. The Morgan fingerprint density at radius 3 is 1.29 bits per heavy atom. The Kier molecular flexibility index (Phi) is 8.02. The van der Waals surface area contributed by atoms with Crippen LogP contribution in [-0.2, 0) is 9.59 Å². The molecule has 0 aromatic heterocycles. The van der Waals surface area contributed by atoms with E-state index in [1.54, 1.807) is 0 Å². The number of benzene rings is 4. The average Bonchev–Trinajstić information content (AvgIpc) is 3.02. The smallest absolute Gasteiger partial charge is 0.309 e. The van der Waals surface area contributed by atoms with Crippen molar-refractivity contribution in [2.75, 3.05) is 0 Å². The van der Waals surface area contributed by atoms with Crippen LogP contribution in [0.5, 0.6) is 0 Å². The normalized spacial score (nSPS) is 19.6. The van der Waals surface area contributed by atoms with Gasteiger partial charge in [-0.05, 0) is 58.4 Å². The van der Waals surface area contributed by atoms with Gasteiger partial charge in [-0.25, -0.2) is 0 Å². The standard InChI is InChI=1S/C36H40N2O4/c39-33(37-31(35(41)21-7-1-8-22-35)29-19-11-15-25-13-3-5-17-27(25)29)34(40)38-32(36(42)23-9-2-10-24-36)30-20-12-16-26-14-4-6-18-28(26)30/h3-6,11-20,31-32,41-42H,1-2,7-10,21-24H2,(H,37,39)(H,38,40)/t31-,32-/m1/s1. The van der Waals surface area contributed by atoms with E-state index in [2.05, 4.69) is 10.6 Å². The van der Waals surface area contributed by atoms with Gasteiger partial charge in [0.25, 0.3) is 0 Å². The summed E-state index contributed by atoms with van der Waals surface area (Å²) in [6.07, 6.45) is 7.66. The molecule has 6 heteroatoms. The molecule has 0 spiro atoms. The summed E-state index contributed by atoms with van der Waals surface area (Å²) in [5, 5.41) is 33.6. The van der Waals surface area contributed by atoms with Crippen molar-refractivity contribution in [1.82, 2.24) is 10.6 Å². The van der Waals surface area contributed by atoms with Crippen LogP contribution in [0.15, 0.2) is 84.9 Å². The lowest BCUT2D eigenvalue weighted by molar-refractivity contribution is -0.143. The highest BCUT2D eigenvalue weighted by Gasteiger charge is 2.44. The highest BCUT2D eigenvalue weighted by atomic mass is 16.3. The summed E-state index contributed by atoms with van der Waals surface area (Å²) in [4.78, 5) is 27.5. The maximum atomic E-state index is 13.7. The number of carbonyl (C=O) groups excluding carboxylic acids is 2. The molecular weight excluding hydrogens is 524 g/mol. The minimum Gasteiger partial charge on any atom is -0.387 e. The van der Waals surface area contributed by atoms with Crippen molar-refractivity contribution in [3.05, 3.63) is 96.1 Å². The van der Waals surface area contributed by atoms with Gasteiger partial charge in [0.15, 0.2) is 0 Å². The predicted molar refractivity (Wildman–Crippen MR) is 166 cm³/mol. The van der Waals surface area contributed by atoms with E-state index in [1.807, 2.05) is 84.9 Å². The van der Waals surface area contributed by atoms with Crippen molar-refractivity contribution >= 4 is 33.4 Å². The molecule has 0 radical (unpaired) electrons. The summed E-state index contributed by atoms with van der Waals surface area (Å²) in [6.45, 7) is 0. The van der Waals surface area contributed by atoms with Gasteiger partial charge in [-0.2, -0.15) is 0 Å². The van der Waals surface area contributed by atoms with Crippen molar-refractivity contribution in [3.63, 3.8) is 0 Å². The summed E-state index contributed by atoms with van der Waals surface area (Å²) < 4.78 is 0. The third-order valence-electron chi connectivity index (χ3n) is 9.54. The van der Waals surface area contributed by atoms with Crippen LogP contribution in [0.2, 0.25) is 0 Å². The van der Waals surface area contributed by atoms with E-state index >= 15 is 0 Å². The van der Waals surface area contributed by atoms with Crippen LogP contribution in [0.1, 0.15) is 87.4 Å². The first-order valence-corrected chi connectivity index (χ1v) is 15.4. The SMILES string of the molecule is O=C(N[C@H](c1cccc2ccccc12)C1(O)CCCCC1)C(=O)N[C@H](c1cccc2ccccc12)C1(O)CCCCC1. The monoisotopic (exact) mass is 564 g/mol. The van der Waals surface area contributed by atoms with Crippen molar-refractivity contribution in [3.8, 4) is 0 Å². The summed E-state index contributed by atoms with van der Waals surface area (Å²) in [6, 6.07) is 26.1. The molecule has 2 atom stereocenters. The summed E-state index contributed by atoms with van der Waals surface area (Å²) in [5.41, 5.74) is -0.741. The van der Waals surface area contributed by atoms with E-state index in [-0.39, 0.29) is 0 Å². The fourth-order valence-corrected chi connectivity index (χ4v) is 7.31. The van der Waals surface area contributed by atoms with Gasteiger partial charge in [0.1, 0.15) is 0 Å². The second kappa shape index (κ2) is 11.9. The molecule has 0 saturated heterocycles. The average molecular weight is 565 g/mol. The first kappa shape index (κ1) is 28.4. The Hall–Kier alpha value is -3.74. The first-order valence-electron chi connectivity index (χ1n) is 15.4. The number of amides is 2. The highest BCUT2D eigenvalue weighted by molar-refractivity contribution is 6.35. The topological polar surface area (TPSA) is 98.7 Å². The van der Waals surface area contributed by atoms with Crippen molar-refractivity contribution in [2.24, 2.45) is 0 Å². The van der Waals surface area contributed by atoms with Gasteiger partial charge in [-0.3, -0.25) is 9.59 Å². The lowest BCUT2D eigenvalue weighted by Crippen LogP contribution is -2.54. The van der Waals surface area contributed by atoms with Gasteiger partial charge in [-0.15, -0.1) is 0 Å². The van der Waals surface area contributed by atoms with E-state index in [0.29, 0.717) is 25.7 Å². The van der Waals surface area contributed by atoms with Gasteiger partial charge in [0, 0.05) is 0 Å². The van der Waals surface area contributed by atoms with Crippen LogP contribution in [0.25, 0.3) is 21.5 Å². The third kappa shape index (κ3) is 5.53. The van der Waals surface area contributed by atoms with Crippen molar-refractivity contribution < 1.29 is 19.8 Å². The number of fused-ring (bicyclic) bond motifs is 2. The molecule has 0 bridgehead atoms. The molecule has 2 saturated carbocycles. The first-order chi connectivity index (χ1) is 20.4. The third-order valence-corrected chi connectivity index (χ3v) is 9.54. The Morgan fingerprint density at radius 2 is 0.881 bits per heavy atom. The van der Waals surface area contributed by atoms with Crippen molar-refractivity contribution in [2.45, 2.75) is 87.5 Å². The number of hydrogen-bond donors (Lipinski definition) is 4. The predicted octanol–water partition coefficient (Wildman–Crippen LogP) is 6.40. The second-order valence-corrected chi connectivity index (χ2v) is 12.3. The van der Waals surface area contributed by atoms with Crippen LogP contribution in [0.3, 0.4) is 0 Å². The van der Waals surface area contributed by atoms with E-state index in [1.165, 1.54) is 0 Å². The van der Waals surface area contributed by atoms with Crippen LogP contribution >= 0.6 is 0 Å². The minimum absolute atomic E-state index is 0.543. The minimum atomic E-state index is -1.17. The largest absolute Gasteiger partial charge is 0.387 e. The maximum Gasteiger partial charge on any atom is 0.309 e. The molecule has 6 rings (SSSR count). The van der Waals surface area contributed by atoms with E-state index in [0.717, 1.165) is 71.2 Å². The molecule has 2 aliphatic rings. The molecule has 42 heavy (non-hydrogen) atoms. The Labute approximate surface area is 247 Å². The quantitative estimate of drug-likeness (QED) is 0.204. The molecule has 2 fully saturated rings. The zero-order valence-corrected chi connectivity index (χ0v) is 24.0. The van der Waals surface area contributed by atoms with Crippen LogP contribution in [0.4, 0.5) is 0 Å². The summed E-state index contributed by atoms with van der Waals surface area (Å²) in [5.74, 6) is -1.62. The molecule has 2 aliphatic carbocycles. The fraction of sp³-hybridized carbons (Fsp3) is 0.389. The van der Waals surface area contributed by atoms with Gasteiger partial charge in [0.05, 0.1) is 23.3 Å². The molecular formula is C36H40N2O4. The number of carbonyl (C=O) groups is 2. The van der Waals surface area contributed by atoms with Gasteiger partial charge >= 0.3 is 11.8 Å². The lowest BCUT2D eigenvalue weighted by atomic mass is 9.75.